The molecule has 0 bridgehead atoms. The van der Waals surface area contributed by atoms with Gasteiger partial charge in [0, 0.05) is 37.1 Å². The maximum absolute atomic E-state index is 16.3. The molecule has 11 nitrogen and oxygen atoms in total. The van der Waals surface area contributed by atoms with E-state index in [-0.39, 0.29) is 79.6 Å². The number of thiophene rings is 1. The minimum atomic E-state index is -1.08. The standard InChI is InChI=1S/C29H25ClF2N6O5S/c1-29(2,3)43-27(40)34-25-16(11-33)19-14(4-5-17(31)23(19)44-25)20-18(32)10-15-22-21(20)24(30)35-38(22)7-6-13-12-36(28(41)42)8-9-37(13)26(15)39/h4-5,10,13H,6-9,12H2,1-3H3,(H,34,40)(H,41,42)/t13-/m0/s1. The van der Waals surface area contributed by atoms with Crippen LogP contribution in [-0.4, -0.2) is 74.1 Å². The van der Waals surface area contributed by atoms with Crippen molar-refractivity contribution in [3.05, 3.63) is 46.1 Å². The molecule has 4 aromatic rings. The molecule has 0 saturated carbocycles. The van der Waals surface area contributed by atoms with Gasteiger partial charge in [-0.25, -0.2) is 18.4 Å². The third-order valence-electron chi connectivity index (χ3n) is 7.63. The van der Waals surface area contributed by atoms with Gasteiger partial charge in [0.2, 0.25) is 0 Å². The SMILES string of the molecule is CC(C)(C)OC(=O)Nc1sc2c(F)ccc(-c3c(F)cc4c5c3c(Cl)nn5CC[C@H]3CN(C(=O)O)CCN3C4=O)c2c1C#N. The van der Waals surface area contributed by atoms with E-state index < -0.39 is 41.4 Å². The Morgan fingerprint density at radius 2 is 1.93 bits per heavy atom. The summed E-state index contributed by atoms with van der Waals surface area (Å²) in [5, 5.41) is 26.6. The Bertz CT molecular complexity index is 1940. The molecule has 6 rings (SSSR count). The smallest absolute Gasteiger partial charge is 0.412 e. The molecule has 4 heterocycles. The van der Waals surface area contributed by atoms with Crippen LogP contribution in [0.5, 0.6) is 0 Å². The molecule has 1 fully saturated rings. The van der Waals surface area contributed by atoms with E-state index in [1.54, 1.807) is 25.7 Å². The van der Waals surface area contributed by atoms with Crippen molar-refractivity contribution in [1.29, 1.82) is 5.26 Å². The number of aryl methyl sites for hydroxylation is 1. The van der Waals surface area contributed by atoms with Gasteiger partial charge in [0.05, 0.1) is 32.8 Å². The fourth-order valence-electron chi connectivity index (χ4n) is 5.84. The molecule has 0 radical (unpaired) electrons. The molecule has 44 heavy (non-hydrogen) atoms. The van der Waals surface area contributed by atoms with Crippen molar-refractivity contribution in [1.82, 2.24) is 19.6 Å². The largest absolute Gasteiger partial charge is 0.465 e. The van der Waals surface area contributed by atoms with Crippen LogP contribution in [0.2, 0.25) is 5.15 Å². The average Bonchev–Trinajstić information content (AvgIpc) is 3.47. The van der Waals surface area contributed by atoms with Crippen LogP contribution in [0.1, 0.15) is 43.1 Å². The van der Waals surface area contributed by atoms with Gasteiger partial charge in [-0.3, -0.25) is 14.8 Å². The first-order valence-corrected chi connectivity index (χ1v) is 14.8. The normalized spacial score (nSPS) is 16.8. The summed E-state index contributed by atoms with van der Waals surface area (Å²) >= 11 is 7.43. The van der Waals surface area contributed by atoms with E-state index in [4.69, 9.17) is 16.3 Å². The fraction of sp³-hybridized carbons (Fsp3) is 0.345. The van der Waals surface area contributed by atoms with Crippen LogP contribution in [-0.2, 0) is 11.3 Å². The van der Waals surface area contributed by atoms with E-state index in [2.05, 4.69) is 10.4 Å². The Morgan fingerprint density at radius 3 is 2.61 bits per heavy atom. The second-order valence-electron chi connectivity index (χ2n) is 11.5. The summed E-state index contributed by atoms with van der Waals surface area (Å²) in [5.41, 5.74) is -0.606. The molecule has 0 aliphatic carbocycles. The number of benzene rings is 2. The third kappa shape index (κ3) is 4.86. The van der Waals surface area contributed by atoms with Gasteiger partial charge >= 0.3 is 12.2 Å². The number of piperazine rings is 1. The Morgan fingerprint density at radius 1 is 1.18 bits per heavy atom. The topological polar surface area (TPSA) is 141 Å². The first kappa shape index (κ1) is 29.6. The van der Waals surface area contributed by atoms with Gasteiger partial charge in [-0.15, -0.1) is 11.3 Å². The molecule has 3 amide bonds. The number of halogens is 3. The van der Waals surface area contributed by atoms with E-state index in [0.29, 0.717) is 6.42 Å². The number of nitrogens with zero attached hydrogens (tertiary/aromatic N) is 5. The third-order valence-corrected chi connectivity index (χ3v) is 9.01. The van der Waals surface area contributed by atoms with Crippen LogP contribution in [0.25, 0.3) is 32.1 Å². The lowest BCUT2D eigenvalue weighted by atomic mass is 9.93. The molecule has 0 spiro atoms. The predicted molar refractivity (Wildman–Crippen MR) is 159 cm³/mol. The fourth-order valence-corrected chi connectivity index (χ4v) is 7.19. The first-order chi connectivity index (χ1) is 20.8. The van der Waals surface area contributed by atoms with Crippen LogP contribution in [0.15, 0.2) is 18.2 Å². The van der Waals surface area contributed by atoms with Crippen LogP contribution < -0.4 is 5.32 Å². The predicted octanol–water partition coefficient (Wildman–Crippen LogP) is 6.28. The van der Waals surface area contributed by atoms with Crippen LogP contribution in [0.4, 0.5) is 23.4 Å². The van der Waals surface area contributed by atoms with Crippen molar-refractivity contribution in [3.63, 3.8) is 0 Å². The number of fused-ring (bicyclic) bond motifs is 2. The molecule has 15 heteroatoms. The molecule has 2 aliphatic rings. The van der Waals surface area contributed by atoms with Crippen molar-refractivity contribution < 1.29 is 33.0 Å². The van der Waals surface area contributed by atoms with Gasteiger partial charge in [0.25, 0.3) is 5.91 Å². The highest BCUT2D eigenvalue weighted by molar-refractivity contribution is 7.23. The van der Waals surface area contributed by atoms with Crippen molar-refractivity contribution in [3.8, 4) is 17.2 Å². The van der Waals surface area contributed by atoms with Crippen LogP contribution in [0, 0.1) is 23.0 Å². The maximum Gasteiger partial charge on any atom is 0.412 e. The number of hydrogen-bond acceptors (Lipinski definition) is 7. The van der Waals surface area contributed by atoms with E-state index in [9.17, 15) is 24.8 Å². The summed E-state index contributed by atoms with van der Waals surface area (Å²) in [6.45, 7) is 5.62. The number of nitriles is 1. The molecule has 2 N–H and O–H groups in total. The number of amides is 3. The number of ether oxygens (including phenoxy) is 1. The molecule has 1 atom stereocenters. The molecule has 1 saturated heterocycles. The summed E-state index contributed by atoms with van der Waals surface area (Å²) in [6, 6.07) is 5.09. The van der Waals surface area contributed by atoms with Crippen molar-refractivity contribution in [2.24, 2.45) is 0 Å². The van der Waals surface area contributed by atoms with Gasteiger partial charge in [0.15, 0.2) is 5.15 Å². The van der Waals surface area contributed by atoms with Crippen LogP contribution in [0.3, 0.4) is 0 Å². The van der Waals surface area contributed by atoms with Crippen molar-refractivity contribution in [2.75, 3.05) is 25.0 Å². The summed E-state index contributed by atoms with van der Waals surface area (Å²) in [6.07, 6.45) is -1.56. The Hall–Kier alpha value is -4.48. The zero-order valence-electron chi connectivity index (χ0n) is 23.7. The maximum atomic E-state index is 16.3. The highest BCUT2D eigenvalue weighted by Gasteiger charge is 2.37. The molecular formula is C29H25ClF2N6O5S. The quantitative estimate of drug-likeness (QED) is 0.262. The molecule has 2 aromatic carbocycles. The number of rotatable bonds is 2. The lowest BCUT2D eigenvalue weighted by Crippen LogP contribution is -2.57. The molecule has 2 aromatic heterocycles. The zero-order valence-corrected chi connectivity index (χ0v) is 25.3. The Balaban J connectivity index is 1.53. The lowest BCUT2D eigenvalue weighted by molar-refractivity contribution is 0.0417. The number of hydrogen-bond donors (Lipinski definition) is 2. The summed E-state index contributed by atoms with van der Waals surface area (Å²) in [4.78, 5) is 40.7. The number of carbonyl (C=O) groups is 3. The second kappa shape index (κ2) is 10.6. The van der Waals surface area contributed by atoms with E-state index in [1.807, 2.05) is 6.07 Å². The molecular weight excluding hydrogens is 618 g/mol. The van der Waals surface area contributed by atoms with Gasteiger partial charge in [-0.2, -0.15) is 10.4 Å². The first-order valence-electron chi connectivity index (χ1n) is 13.6. The van der Waals surface area contributed by atoms with E-state index in [0.717, 1.165) is 23.5 Å². The van der Waals surface area contributed by atoms with Crippen LogP contribution >= 0.6 is 22.9 Å². The minimum Gasteiger partial charge on any atom is -0.465 e. The lowest BCUT2D eigenvalue weighted by Gasteiger charge is -2.41. The average molecular weight is 643 g/mol. The highest BCUT2D eigenvalue weighted by Crippen LogP contribution is 2.46. The minimum absolute atomic E-state index is 0.00147. The number of carboxylic acid groups (broad SMARTS) is 1. The molecule has 0 unspecified atom stereocenters. The monoisotopic (exact) mass is 642 g/mol. The van der Waals surface area contributed by atoms with E-state index in [1.165, 1.54) is 15.6 Å². The Labute approximate surface area is 258 Å². The van der Waals surface area contributed by atoms with Crippen molar-refractivity contribution >= 4 is 67.0 Å². The number of aromatic nitrogens is 2. The molecule has 228 valence electrons. The van der Waals surface area contributed by atoms with Gasteiger partial charge in [-0.1, -0.05) is 17.7 Å². The van der Waals surface area contributed by atoms with Gasteiger partial charge in [-0.05, 0) is 44.9 Å². The summed E-state index contributed by atoms with van der Waals surface area (Å²) < 4.78 is 38.3. The number of carbonyl (C=O) groups excluding carboxylic acids is 2. The summed E-state index contributed by atoms with van der Waals surface area (Å²) in [7, 11) is 0. The van der Waals surface area contributed by atoms with E-state index >= 15 is 8.78 Å². The van der Waals surface area contributed by atoms with Gasteiger partial charge < -0.3 is 19.6 Å². The zero-order chi connectivity index (χ0) is 31.7. The second-order valence-corrected chi connectivity index (χ2v) is 12.9. The Kier molecular flexibility index (Phi) is 7.13. The van der Waals surface area contributed by atoms with Crippen molar-refractivity contribution in [2.45, 2.75) is 45.4 Å². The number of nitrogens with one attached hydrogen (secondary N) is 1. The summed E-state index contributed by atoms with van der Waals surface area (Å²) in [5.74, 6) is -2.03. The number of anilines is 1. The molecule has 2 aliphatic heterocycles. The van der Waals surface area contributed by atoms with Gasteiger partial charge in [0.1, 0.15) is 28.3 Å². The highest BCUT2D eigenvalue weighted by atomic mass is 35.5.